The van der Waals surface area contributed by atoms with Crippen LogP contribution >= 0.6 is 0 Å². The fourth-order valence-corrected chi connectivity index (χ4v) is 3.69. The lowest BCUT2D eigenvalue weighted by molar-refractivity contribution is -0.116. The Hall–Kier alpha value is -3.60. The van der Waals surface area contributed by atoms with E-state index in [0.29, 0.717) is 6.54 Å². The minimum Gasteiger partial charge on any atom is -0.348 e. The van der Waals surface area contributed by atoms with Gasteiger partial charge in [-0.2, -0.15) is 0 Å². The van der Waals surface area contributed by atoms with Crippen molar-refractivity contribution >= 4 is 34.5 Å². The van der Waals surface area contributed by atoms with Crippen LogP contribution in [0.1, 0.15) is 24.0 Å². The van der Waals surface area contributed by atoms with Crippen LogP contribution < -0.4 is 10.6 Å². The van der Waals surface area contributed by atoms with Crippen LogP contribution in [0, 0.1) is 0 Å². The van der Waals surface area contributed by atoms with E-state index in [1.54, 1.807) is 6.08 Å². The van der Waals surface area contributed by atoms with E-state index in [2.05, 4.69) is 28.8 Å². The molecule has 0 aliphatic carbocycles. The molecule has 4 rings (SSSR count). The van der Waals surface area contributed by atoms with Crippen molar-refractivity contribution in [2.75, 3.05) is 18.4 Å². The Balaban J connectivity index is 1.34. The predicted molar refractivity (Wildman–Crippen MR) is 121 cm³/mol. The highest BCUT2D eigenvalue weighted by Crippen LogP contribution is 2.19. The summed E-state index contributed by atoms with van der Waals surface area (Å²) in [6.07, 6.45) is 5.52. The van der Waals surface area contributed by atoms with E-state index in [0.717, 1.165) is 53.5 Å². The lowest BCUT2D eigenvalue weighted by atomic mass is 10.0. The molecule has 0 saturated carbocycles. The Kier molecular flexibility index (Phi) is 6.09. The SMILES string of the molecule is O=C(/C=C/c1cccc2ccccc12)NCc1cccc(NC(=O)N2CCCC2)c1. The fraction of sp³-hybridized carbons (Fsp3) is 0.200. The third-order valence-electron chi connectivity index (χ3n) is 5.28. The average molecular weight is 399 g/mol. The van der Waals surface area contributed by atoms with Gasteiger partial charge in [-0.3, -0.25) is 4.79 Å². The van der Waals surface area contributed by atoms with Gasteiger partial charge in [-0.05, 0) is 52.9 Å². The van der Waals surface area contributed by atoms with Gasteiger partial charge in [0.2, 0.25) is 5.91 Å². The number of likely N-dealkylation sites (tertiary alicyclic amines) is 1. The predicted octanol–water partition coefficient (Wildman–Crippen LogP) is 4.80. The molecule has 3 aromatic rings. The molecule has 30 heavy (non-hydrogen) atoms. The number of nitrogens with zero attached hydrogens (tertiary/aromatic N) is 1. The minimum atomic E-state index is -0.158. The van der Waals surface area contributed by atoms with Crippen molar-refractivity contribution in [3.8, 4) is 0 Å². The van der Waals surface area contributed by atoms with E-state index in [1.165, 1.54) is 0 Å². The van der Waals surface area contributed by atoms with Gasteiger partial charge in [0.15, 0.2) is 0 Å². The maximum absolute atomic E-state index is 12.3. The highest BCUT2D eigenvalue weighted by molar-refractivity contribution is 5.96. The largest absolute Gasteiger partial charge is 0.348 e. The number of fused-ring (bicyclic) bond motifs is 1. The summed E-state index contributed by atoms with van der Waals surface area (Å²) in [7, 11) is 0. The van der Waals surface area contributed by atoms with Crippen molar-refractivity contribution in [1.29, 1.82) is 0 Å². The molecule has 3 aromatic carbocycles. The molecule has 0 radical (unpaired) electrons. The summed E-state index contributed by atoms with van der Waals surface area (Å²) in [6, 6.07) is 21.7. The van der Waals surface area contributed by atoms with Crippen LogP contribution in [-0.4, -0.2) is 29.9 Å². The first-order valence-corrected chi connectivity index (χ1v) is 10.3. The van der Waals surface area contributed by atoms with Gasteiger partial charge in [0, 0.05) is 31.4 Å². The minimum absolute atomic E-state index is 0.0632. The van der Waals surface area contributed by atoms with Crippen molar-refractivity contribution in [2.24, 2.45) is 0 Å². The first kappa shape index (κ1) is 19.7. The van der Waals surface area contributed by atoms with Crippen LogP contribution in [0.5, 0.6) is 0 Å². The third-order valence-corrected chi connectivity index (χ3v) is 5.28. The summed E-state index contributed by atoms with van der Waals surface area (Å²) >= 11 is 0. The highest BCUT2D eigenvalue weighted by Gasteiger charge is 2.17. The second kappa shape index (κ2) is 9.27. The monoisotopic (exact) mass is 399 g/mol. The average Bonchev–Trinajstić information content (AvgIpc) is 3.32. The van der Waals surface area contributed by atoms with Crippen LogP contribution in [0.3, 0.4) is 0 Å². The van der Waals surface area contributed by atoms with Crippen LogP contribution in [-0.2, 0) is 11.3 Å². The van der Waals surface area contributed by atoms with Crippen LogP contribution in [0.25, 0.3) is 16.8 Å². The molecule has 5 heteroatoms. The first-order chi connectivity index (χ1) is 14.7. The zero-order valence-corrected chi connectivity index (χ0v) is 16.8. The number of hydrogen-bond acceptors (Lipinski definition) is 2. The number of benzene rings is 3. The number of hydrogen-bond donors (Lipinski definition) is 2. The number of rotatable bonds is 5. The molecule has 0 spiro atoms. The zero-order valence-electron chi connectivity index (χ0n) is 16.8. The summed E-state index contributed by atoms with van der Waals surface area (Å²) in [6.45, 7) is 2.02. The fourth-order valence-electron chi connectivity index (χ4n) is 3.69. The summed E-state index contributed by atoms with van der Waals surface area (Å²) in [5.41, 5.74) is 2.68. The van der Waals surface area contributed by atoms with Gasteiger partial charge in [-0.25, -0.2) is 4.79 Å². The zero-order chi connectivity index (χ0) is 20.8. The smallest absolute Gasteiger partial charge is 0.321 e. The van der Waals surface area contributed by atoms with E-state index >= 15 is 0 Å². The van der Waals surface area contributed by atoms with Crippen molar-refractivity contribution in [2.45, 2.75) is 19.4 Å². The Morgan fingerprint density at radius 3 is 2.57 bits per heavy atom. The number of anilines is 1. The number of nitrogens with one attached hydrogen (secondary N) is 2. The summed E-state index contributed by atoms with van der Waals surface area (Å²) in [5, 5.41) is 8.10. The topological polar surface area (TPSA) is 61.4 Å². The Labute approximate surface area is 176 Å². The van der Waals surface area contributed by atoms with Gasteiger partial charge < -0.3 is 15.5 Å². The maximum atomic E-state index is 12.3. The normalized spacial score (nSPS) is 13.7. The number of carbonyl (C=O) groups excluding carboxylic acids is 2. The third kappa shape index (κ3) is 4.87. The van der Waals surface area contributed by atoms with Gasteiger partial charge in [-0.1, -0.05) is 54.6 Å². The standard InChI is InChI=1S/C25H25N3O2/c29-24(14-13-21-10-6-9-20-8-1-2-12-23(20)21)26-18-19-7-5-11-22(17-19)27-25(30)28-15-3-4-16-28/h1-2,5-14,17H,3-4,15-16,18H2,(H,26,29)(H,27,30)/b14-13+. The molecule has 1 heterocycles. The number of amides is 3. The van der Waals surface area contributed by atoms with Gasteiger partial charge >= 0.3 is 6.03 Å². The molecule has 0 unspecified atom stereocenters. The van der Waals surface area contributed by atoms with Gasteiger partial charge in [0.05, 0.1) is 0 Å². The summed E-state index contributed by atoms with van der Waals surface area (Å²) in [5.74, 6) is -0.158. The number of urea groups is 1. The summed E-state index contributed by atoms with van der Waals surface area (Å²) in [4.78, 5) is 26.4. The molecule has 0 bridgehead atoms. The summed E-state index contributed by atoms with van der Waals surface area (Å²) < 4.78 is 0. The van der Waals surface area contributed by atoms with E-state index in [-0.39, 0.29) is 11.9 Å². The molecule has 1 aliphatic heterocycles. The lowest BCUT2D eigenvalue weighted by Gasteiger charge is -2.16. The second-order valence-corrected chi connectivity index (χ2v) is 7.44. The quantitative estimate of drug-likeness (QED) is 0.606. The molecule has 0 aromatic heterocycles. The van der Waals surface area contributed by atoms with E-state index in [1.807, 2.05) is 59.5 Å². The molecule has 1 fully saturated rings. The molecule has 3 amide bonds. The molecule has 1 saturated heterocycles. The highest BCUT2D eigenvalue weighted by atomic mass is 16.2. The van der Waals surface area contributed by atoms with E-state index < -0.39 is 0 Å². The van der Waals surface area contributed by atoms with Gasteiger partial charge in [0.1, 0.15) is 0 Å². The van der Waals surface area contributed by atoms with Crippen molar-refractivity contribution < 1.29 is 9.59 Å². The molecule has 152 valence electrons. The molecule has 2 N–H and O–H groups in total. The number of carbonyl (C=O) groups is 2. The van der Waals surface area contributed by atoms with E-state index in [9.17, 15) is 9.59 Å². The Morgan fingerprint density at radius 1 is 0.933 bits per heavy atom. The van der Waals surface area contributed by atoms with Gasteiger partial charge in [-0.15, -0.1) is 0 Å². The lowest BCUT2D eigenvalue weighted by Crippen LogP contribution is -2.32. The second-order valence-electron chi connectivity index (χ2n) is 7.44. The Bertz CT molecular complexity index is 1080. The molecular weight excluding hydrogens is 374 g/mol. The van der Waals surface area contributed by atoms with Crippen molar-refractivity contribution in [3.63, 3.8) is 0 Å². The van der Waals surface area contributed by atoms with Crippen molar-refractivity contribution in [1.82, 2.24) is 10.2 Å². The molecule has 0 atom stereocenters. The Morgan fingerprint density at radius 2 is 1.70 bits per heavy atom. The van der Waals surface area contributed by atoms with E-state index in [4.69, 9.17) is 0 Å². The van der Waals surface area contributed by atoms with Crippen LogP contribution in [0.2, 0.25) is 0 Å². The molecule has 5 nitrogen and oxygen atoms in total. The maximum Gasteiger partial charge on any atom is 0.321 e. The van der Waals surface area contributed by atoms with Crippen molar-refractivity contribution in [3.05, 3.63) is 83.9 Å². The van der Waals surface area contributed by atoms with Crippen LogP contribution in [0.15, 0.2) is 72.8 Å². The first-order valence-electron chi connectivity index (χ1n) is 10.3. The molecule has 1 aliphatic rings. The molecular formula is C25H25N3O2. The van der Waals surface area contributed by atoms with Gasteiger partial charge in [0.25, 0.3) is 0 Å². The van der Waals surface area contributed by atoms with Crippen LogP contribution in [0.4, 0.5) is 10.5 Å².